The Morgan fingerprint density at radius 2 is 1.80 bits per heavy atom. The Bertz CT molecular complexity index is 237. The van der Waals surface area contributed by atoms with E-state index in [2.05, 4.69) is 18.7 Å². The average Bonchev–Trinajstić information content (AvgIpc) is 2.62. The van der Waals surface area contributed by atoms with Crippen LogP contribution in [0.1, 0.15) is 52.4 Å². The molecule has 0 N–H and O–H groups in total. The minimum absolute atomic E-state index is 0.0541. The van der Waals surface area contributed by atoms with E-state index in [1.165, 1.54) is 19.3 Å². The molecule has 0 aromatic heterocycles. The number of rotatable bonds is 3. The first-order valence-electron chi connectivity index (χ1n) is 6.43. The number of likely N-dealkylation sites (tertiary alicyclic amines) is 1. The zero-order valence-corrected chi connectivity index (χ0v) is 10.1. The van der Waals surface area contributed by atoms with Crippen molar-refractivity contribution in [3.63, 3.8) is 0 Å². The van der Waals surface area contributed by atoms with Crippen LogP contribution in [0.3, 0.4) is 0 Å². The minimum atomic E-state index is 0.0541. The molecular formula is C13H23NO. The summed E-state index contributed by atoms with van der Waals surface area (Å²) in [6.07, 6.45) is 7.06. The Hall–Kier alpha value is -0.530. The average molecular weight is 209 g/mol. The third-order valence-corrected chi connectivity index (χ3v) is 3.96. The Labute approximate surface area is 93.0 Å². The summed E-state index contributed by atoms with van der Waals surface area (Å²) in [6.45, 7) is 6.49. The van der Waals surface area contributed by atoms with E-state index >= 15 is 0 Å². The first-order chi connectivity index (χ1) is 7.14. The smallest absolute Gasteiger partial charge is 0.228 e. The van der Waals surface area contributed by atoms with E-state index in [0.29, 0.717) is 11.8 Å². The van der Waals surface area contributed by atoms with E-state index in [4.69, 9.17) is 0 Å². The van der Waals surface area contributed by atoms with Crippen LogP contribution >= 0.6 is 0 Å². The van der Waals surface area contributed by atoms with Crippen LogP contribution in [-0.2, 0) is 4.79 Å². The van der Waals surface area contributed by atoms with Crippen LogP contribution in [-0.4, -0.2) is 23.9 Å². The fourth-order valence-electron chi connectivity index (χ4n) is 3.15. The maximum Gasteiger partial charge on any atom is 0.228 e. The summed E-state index contributed by atoms with van der Waals surface area (Å²) in [7, 11) is 0. The molecule has 0 atom stereocenters. The van der Waals surface area contributed by atoms with E-state index in [1.54, 1.807) is 0 Å². The standard InChI is InChI=1S/C13H23NO/c1-11(2)10-13(6-5-7-13)12(15)14-8-3-4-9-14/h11H,3-10H2,1-2H3. The van der Waals surface area contributed by atoms with Gasteiger partial charge in [-0.15, -0.1) is 0 Å². The fourth-order valence-corrected chi connectivity index (χ4v) is 3.15. The SMILES string of the molecule is CC(C)CC1(C(=O)N2CCCC2)CCC1. The molecule has 1 aliphatic carbocycles. The van der Waals surface area contributed by atoms with E-state index < -0.39 is 0 Å². The van der Waals surface area contributed by atoms with Gasteiger partial charge in [0.05, 0.1) is 0 Å². The van der Waals surface area contributed by atoms with Crippen LogP contribution in [0.4, 0.5) is 0 Å². The maximum absolute atomic E-state index is 12.4. The van der Waals surface area contributed by atoms with Crippen molar-refractivity contribution in [2.75, 3.05) is 13.1 Å². The third-order valence-electron chi connectivity index (χ3n) is 3.96. The molecule has 0 radical (unpaired) electrons. The molecule has 2 heteroatoms. The minimum Gasteiger partial charge on any atom is -0.342 e. The van der Waals surface area contributed by atoms with E-state index in [0.717, 1.165) is 32.4 Å². The van der Waals surface area contributed by atoms with Gasteiger partial charge in [0, 0.05) is 18.5 Å². The van der Waals surface area contributed by atoms with Gasteiger partial charge in [-0.2, -0.15) is 0 Å². The van der Waals surface area contributed by atoms with Gasteiger partial charge in [-0.1, -0.05) is 20.3 Å². The molecule has 1 saturated carbocycles. The van der Waals surface area contributed by atoms with Crippen molar-refractivity contribution in [2.24, 2.45) is 11.3 Å². The Kier molecular flexibility index (Phi) is 3.03. The van der Waals surface area contributed by atoms with E-state index in [9.17, 15) is 4.79 Å². The highest BCUT2D eigenvalue weighted by atomic mass is 16.2. The number of carbonyl (C=O) groups is 1. The first kappa shape index (κ1) is 11.0. The second-order valence-electron chi connectivity index (χ2n) is 5.73. The molecule has 15 heavy (non-hydrogen) atoms. The Balaban J connectivity index is 2.01. The van der Waals surface area contributed by atoms with Gasteiger partial charge in [-0.25, -0.2) is 0 Å². The molecule has 1 saturated heterocycles. The van der Waals surface area contributed by atoms with Crippen LogP contribution < -0.4 is 0 Å². The van der Waals surface area contributed by atoms with Crippen LogP contribution in [0.25, 0.3) is 0 Å². The molecule has 0 aromatic carbocycles. The highest BCUT2D eigenvalue weighted by Gasteiger charge is 2.46. The summed E-state index contributed by atoms with van der Waals surface area (Å²) in [6, 6.07) is 0. The van der Waals surface area contributed by atoms with Crippen molar-refractivity contribution in [1.82, 2.24) is 4.90 Å². The van der Waals surface area contributed by atoms with Crippen molar-refractivity contribution < 1.29 is 4.79 Å². The quantitative estimate of drug-likeness (QED) is 0.700. The Morgan fingerprint density at radius 3 is 2.20 bits per heavy atom. The summed E-state index contributed by atoms with van der Waals surface area (Å²) in [4.78, 5) is 14.5. The summed E-state index contributed by atoms with van der Waals surface area (Å²) in [5.41, 5.74) is 0.0541. The molecular weight excluding hydrogens is 186 g/mol. The number of nitrogens with zero attached hydrogens (tertiary/aromatic N) is 1. The van der Waals surface area contributed by atoms with Gasteiger partial charge in [0.1, 0.15) is 0 Å². The van der Waals surface area contributed by atoms with Gasteiger partial charge in [0.25, 0.3) is 0 Å². The summed E-state index contributed by atoms with van der Waals surface area (Å²) < 4.78 is 0. The van der Waals surface area contributed by atoms with E-state index in [-0.39, 0.29) is 5.41 Å². The molecule has 2 nitrogen and oxygen atoms in total. The summed E-state index contributed by atoms with van der Waals surface area (Å²) in [5, 5.41) is 0. The molecule has 0 unspecified atom stereocenters. The first-order valence-corrected chi connectivity index (χ1v) is 6.43. The second kappa shape index (κ2) is 4.15. The van der Waals surface area contributed by atoms with Gasteiger partial charge >= 0.3 is 0 Å². The molecule has 0 bridgehead atoms. The molecule has 0 spiro atoms. The molecule has 0 aromatic rings. The zero-order chi connectivity index (χ0) is 10.9. The molecule has 2 aliphatic rings. The van der Waals surface area contributed by atoms with Crippen molar-refractivity contribution in [2.45, 2.75) is 52.4 Å². The second-order valence-corrected chi connectivity index (χ2v) is 5.73. The monoisotopic (exact) mass is 209 g/mol. The largest absolute Gasteiger partial charge is 0.342 e. The number of hydrogen-bond acceptors (Lipinski definition) is 1. The number of hydrogen-bond donors (Lipinski definition) is 0. The van der Waals surface area contributed by atoms with Crippen molar-refractivity contribution in [1.29, 1.82) is 0 Å². The van der Waals surface area contributed by atoms with Crippen molar-refractivity contribution >= 4 is 5.91 Å². The normalized spacial score (nSPS) is 24.3. The lowest BCUT2D eigenvalue weighted by molar-refractivity contribution is -0.147. The fraction of sp³-hybridized carbons (Fsp3) is 0.923. The lowest BCUT2D eigenvalue weighted by Crippen LogP contribution is -2.47. The Morgan fingerprint density at radius 1 is 1.20 bits per heavy atom. The van der Waals surface area contributed by atoms with Gasteiger partial charge in [0.15, 0.2) is 0 Å². The number of carbonyl (C=O) groups excluding carboxylic acids is 1. The van der Waals surface area contributed by atoms with Gasteiger partial charge < -0.3 is 4.90 Å². The van der Waals surface area contributed by atoms with Gasteiger partial charge in [-0.3, -0.25) is 4.79 Å². The van der Waals surface area contributed by atoms with Gasteiger partial charge in [0.2, 0.25) is 5.91 Å². The van der Waals surface area contributed by atoms with Crippen molar-refractivity contribution in [3.8, 4) is 0 Å². The van der Waals surface area contributed by atoms with Crippen molar-refractivity contribution in [3.05, 3.63) is 0 Å². The van der Waals surface area contributed by atoms with Crippen LogP contribution in [0.2, 0.25) is 0 Å². The molecule has 1 heterocycles. The molecule has 1 amide bonds. The van der Waals surface area contributed by atoms with E-state index in [1.807, 2.05) is 0 Å². The third kappa shape index (κ3) is 2.04. The lowest BCUT2D eigenvalue weighted by Gasteiger charge is -2.43. The summed E-state index contributed by atoms with van der Waals surface area (Å²) in [5.74, 6) is 1.12. The van der Waals surface area contributed by atoms with Gasteiger partial charge in [-0.05, 0) is 38.0 Å². The maximum atomic E-state index is 12.4. The predicted molar refractivity (Wildman–Crippen MR) is 61.6 cm³/mol. The van der Waals surface area contributed by atoms with Crippen LogP contribution in [0, 0.1) is 11.3 Å². The van der Waals surface area contributed by atoms with Crippen LogP contribution in [0.5, 0.6) is 0 Å². The summed E-state index contributed by atoms with van der Waals surface area (Å²) >= 11 is 0. The zero-order valence-electron chi connectivity index (χ0n) is 10.1. The molecule has 2 rings (SSSR count). The predicted octanol–water partition coefficient (Wildman–Crippen LogP) is 2.83. The highest BCUT2D eigenvalue weighted by Crippen LogP contribution is 2.47. The highest BCUT2D eigenvalue weighted by molar-refractivity contribution is 5.83. The lowest BCUT2D eigenvalue weighted by atomic mass is 9.63. The molecule has 2 fully saturated rings. The number of amides is 1. The molecule has 1 aliphatic heterocycles. The van der Waals surface area contributed by atoms with Crippen LogP contribution in [0.15, 0.2) is 0 Å². The topological polar surface area (TPSA) is 20.3 Å². The molecule has 86 valence electrons.